The minimum absolute atomic E-state index is 0.179. The molecule has 1 fully saturated rings. The summed E-state index contributed by atoms with van der Waals surface area (Å²) < 4.78 is 5.50. The van der Waals surface area contributed by atoms with Crippen LogP contribution in [0.25, 0.3) is 0 Å². The fraction of sp³-hybridized carbons (Fsp3) is 0.650. The summed E-state index contributed by atoms with van der Waals surface area (Å²) in [4.78, 5) is 14.1. The zero-order valence-corrected chi connectivity index (χ0v) is 15.8. The highest BCUT2D eigenvalue weighted by molar-refractivity contribution is 5.68. The van der Waals surface area contributed by atoms with Crippen LogP contribution in [0, 0.1) is 12.8 Å². The SMILES string of the molecule is CNCC(c1ccccc1C)C1CCN(C(=O)OC(C)(C)C)CC1. The number of piperidine rings is 1. The number of ether oxygens (including phenoxy) is 1. The van der Waals surface area contributed by atoms with E-state index < -0.39 is 5.60 Å². The molecule has 4 nitrogen and oxygen atoms in total. The van der Waals surface area contributed by atoms with Crippen LogP contribution >= 0.6 is 0 Å². The van der Waals surface area contributed by atoms with Gasteiger partial charge in [0.25, 0.3) is 0 Å². The van der Waals surface area contributed by atoms with Crippen molar-refractivity contribution in [3.63, 3.8) is 0 Å². The topological polar surface area (TPSA) is 41.6 Å². The summed E-state index contributed by atoms with van der Waals surface area (Å²) in [6, 6.07) is 8.66. The lowest BCUT2D eigenvalue weighted by molar-refractivity contribution is 0.0174. The second-order valence-corrected chi connectivity index (χ2v) is 7.83. The molecule has 1 aromatic carbocycles. The summed E-state index contributed by atoms with van der Waals surface area (Å²) in [5.74, 6) is 1.09. The van der Waals surface area contributed by atoms with Gasteiger partial charge in [-0.1, -0.05) is 24.3 Å². The zero-order valence-electron chi connectivity index (χ0n) is 15.8. The van der Waals surface area contributed by atoms with Gasteiger partial charge in [-0.05, 0) is 70.5 Å². The zero-order chi connectivity index (χ0) is 17.7. The molecule has 1 saturated heterocycles. The molecule has 1 aromatic rings. The summed E-state index contributed by atoms with van der Waals surface area (Å²) in [6.07, 6.45) is 1.88. The van der Waals surface area contributed by atoms with Crippen LogP contribution < -0.4 is 5.32 Å². The van der Waals surface area contributed by atoms with E-state index in [1.807, 2.05) is 32.7 Å². The number of likely N-dealkylation sites (tertiary alicyclic amines) is 1. The molecule has 0 aromatic heterocycles. The van der Waals surface area contributed by atoms with Crippen molar-refractivity contribution in [2.24, 2.45) is 5.92 Å². The Morgan fingerprint density at radius 3 is 2.46 bits per heavy atom. The van der Waals surface area contributed by atoms with E-state index in [-0.39, 0.29) is 6.09 Å². The average Bonchev–Trinajstić information content (AvgIpc) is 2.52. The number of nitrogens with one attached hydrogen (secondary N) is 1. The number of carbonyl (C=O) groups is 1. The molecule has 0 saturated carbocycles. The number of benzene rings is 1. The molecule has 0 bridgehead atoms. The van der Waals surface area contributed by atoms with Gasteiger partial charge >= 0.3 is 6.09 Å². The van der Waals surface area contributed by atoms with Crippen molar-refractivity contribution in [2.45, 2.75) is 52.1 Å². The van der Waals surface area contributed by atoms with E-state index in [0.29, 0.717) is 11.8 Å². The van der Waals surface area contributed by atoms with Crippen molar-refractivity contribution in [3.8, 4) is 0 Å². The number of nitrogens with zero attached hydrogens (tertiary/aromatic N) is 1. The smallest absolute Gasteiger partial charge is 0.410 e. The second-order valence-electron chi connectivity index (χ2n) is 7.83. The molecule has 24 heavy (non-hydrogen) atoms. The van der Waals surface area contributed by atoms with Gasteiger partial charge in [0.15, 0.2) is 0 Å². The Labute approximate surface area is 146 Å². The van der Waals surface area contributed by atoms with Crippen LogP contribution in [-0.4, -0.2) is 43.3 Å². The van der Waals surface area contributed by atoms with Gasteiger partial charge < -0.3 is 15.0 Å². The van der Waals surface area contributed by atoms with Gasteiger partial charge in [0.05, 0.1) is 0 Å². The molecule has 4 heteroatoms. The third-order valence-electron chi connectivity index (χ3n) is 4.77. The van der Waals surface area contributed by atoms with E-state index in [4.69, 9.17) is 4.74 Å². The lowest BCUT2D eigenvalue weighted by atomic mass is 9.78. The van der Waals surface area contributed by atoms with Gasteiger partial charge in [-0.2, -0.15) is 0 Å². The van der Waals surface area contributed by atoms with Gasteiger partial charge in [-0.25, -0.2) is 4.79 Å². The van der Waals surface area contributed by atoms with Crippen LogP contribution in [-0.2, 0) is 4.74 Å². The Bertz CT molecular complexity index is 543. The highest BCUT2D eigenvalue weighted by atomic mass is 16.6. The summed E-state index contributed by atoms with van der Waals surface area (Å²) in [5.41, 5.74) is 2.36. The second kappa shape index (κ2) is 8.02. The molecule has 0 radical (unpaired) electrons. The summed E-state index contributed by atoms with van der Waals surface area (Å²) >= 11 is 0. The molecule has 1 unspecified atom stereocenters. The van der Waals surface area contributed by atoms with Crippen LogP contribution in [0.5, 0.6) is 0 Å². The Hall–Kier alpha value is -1.55. The van der Waals surface area contributed by atoms with Crippen LogP contribution in [0.4, 0.5) is 4.79 Å². The fourth-order valence-corrected chi connectivity index (χ4v) is 3.56. The van der Waals surface area contributed by atoms with Gasteiger partial charge in [0.2, 0.25) is 0 Å². The first-order valence-electron chi connectivity index (χ1n) is 9.00. The summed E-state index contributed by atoms with van der Waals surface area (Å²) in [5, 5.41) is 3.35. The van der Waals surface area contributed by atoms with Crippen molar-refractivity contribution < 1.29 is 9.53 Å². The van der Waals surface area contributed by atoms with Gasteiger partial charge in [-0.15, -0.1) is 0 Å². The maximum Gasteiger partial charge on any atom is 0.410 e. The first-order chi connectivity index (χ1) is 11.3. The lowest BCUT2D eigenvalue weighted by Crippen LogP contribution is -2.43. The number of hydrogen-bond donors (Lipinski definition) is 1. The number of carbonyl (C=O) groups excluding carboxylic acids is 1. The molecule has 0 spiro atoms. The fourth-order valence-electron chi connectivity index (χ4n) is 3.56. The molecule has 0 aliphatic carbocycles. The molecule has 1 atom stereocenters. The van der Waals surface area contributed by atoms with Crippen LogP contribution in [0.3, 0.4) is 0 Å². The van der Waals surface area contributed by atoms with Crippen molar-refractivity contribution in [3.05, 3.63) is 35.4 Å². The first-order valence-corrected chi connectivity index (χ1v) is 9.00. The highest BCUT2D eigenvalue weighted by Gasteiger charge is 2.31. The number of hydrogen-bond acceptors (Lipinski definition) is 3. The number of likely N-dealkylation sites (N-methyl/N-ethyl adjacent to an activating group) is 1. The average molecular weight is 332 g/mol. The Morgan fingerprint density at radius 1 is 1.29 bits per heavy atom. The third-order valence-corrected chi connectivity index (χ3v) is 4.77. The first kappa shape index (κ1) is 18.8. The van der Waals surface area contributed by atoms with Crippen molar-refractivity contribution in [1.82, 2.24) is 10.2 Å². The van der Waals surface area contributed by atoms with Crippen molar-refractivity contribution in [1.29, 1.82) is 0 Å². The number of rotatable bonds is 4. The van der Waals surface area contributed by atoms with E-state index in [9.17, 15) is 4.79 Å². The molecule has 1 heterocycles. The number of aryl methyl sites for hydroxylation is 1. The van der Waals surface area contributed by atoms with E-state index in [1.165, 1.54) is 11.1 Å². The largest absolute Gasteiger partial charge is 0.444 e. The van der Waals surface area contributed by atoms with E-state index in [0.717, 1.165) is 32.5 Å². The van der Waals surface area contributed by atoms with E-state index in [2.05, 4.69) is 36.5 Å². The van der Waals surface area contributed by atoms with Crippen LogP contribution in [0.15, 0.2) is 24.3 Å². The van der Waals surface area contributed by atoms with E-state index in [1.54, 1.807) is 0 Å². The Balaban J connectivity index is 2.01. The molecule has 1 aliphatic heterocycles. The molecule has 134 valence electrons. The summed E-state index contributed by atoms with van der Waals surface area (Å²) in [7, 11) is 2.01. The van der Waals surface area contributed by atoms with Gasteiger partial charge in [0, 0.05) is 19.6 Å². The molecule has 2 rings (SSSR count). The van der Waals surface area contributed by atoms with Gasteiger partial charge in [-0.3, -0.25) is 0 Å². The lowest BCUT2D eigenvalue weighted by Gasteiger charge is -2.37. The highest BCUT2D eigenvalue weighted by Crippen LogP contribution is 2.34. The molecule has 1 aliphatic rings. The molecule has 1 N–H and O–H groups in total. The molecule has 1 amide bonds. The molecular weight excluding hydrogens is 300 g/mol. The quantitative estimate of drug-likeness (QED) is 0.908. The third kappa shape index (κ3) is 4.97. The monoisotopic (exact) mass is 332 g/mol. The van der Waals surface area contributed by atoms with Crippen LogP contribution in [0.1, 0.15) is 50.7 Å². The predicted octanol–water partition coefficient (Wildman–Crippen LogP) is 3.95. The maximum absolute atomic E-state index is 12.2. The maximum atomic E-state index is 12.2. The van der Waals surface area contributed by atoms with E-state index >= 15 is 0 Å². The van der Waals surface area contributed by atoms with Crippen molar-refractivity contribution >= 4 is 6.09 Å². The normalized spacial score (nSPS) is 17.6. The Kier molecular flexibility index (Phi) is 6.27. The Morgan fingerprint density at radius 2 is 1.92 bits per heavy atom. The van der Waals surface area contributed by atoms with Crippen LogP contribution in [0.2, 0.25) is 0 Å². The van der Waals surface area contributed by atoms with Gasteiger partial charge in [0.1, 0.15) is 5.60 Å². The minimum atomic E-state index is -0.427. The standard InChI is InChI=1S/C20H32N2O2/c1-15-8-6-7-9-17(15)18(14-21-5)16-10-12-22(13-11-16)19(23)24-20(2,3)4/h6-9,16,18,21H,10-14H2,1-5H3. The predicted molar refractivity (Wildman–Crippen MR) is 98.4 cm³/mol. The van der Waals surface area contributed by atoms with Crippen molar-refractivity contribution in [2.75, 3.05) is 26.7 Å². The minimum Gasteiger partial charge on any atom is -0.444 e. The summed E-state index contributed by atoms with van der Waals surface area (Å²) in [6.45, 7) is 10.5. The number of amides is 1. The molecular formula is C20H32N2O2.